The molecule has 1 saturated carbocycles. The Kier molecular flexibility index (Phi) is 11.4. The fourth-order valence-electron chi connectivity index (χ4n) is 5.29. The van der Waals surface area contributed by atoms with E-state index in [-0.39, 0.29) is 39.1 Å². The molecular weight excluding hydrogens is 629 g/mol. The highest BCUT2D eigenvalue weighted by Gasteiger charge is 2.35. The molecule has 1 aliphatic rings. The van der Waals surface area contributed by atoms with Crippen molar-refractivity contribution in [1.29, 1.82) is 0 Å². The van der Waals surface area contributed by atoms with Crippen LogP contribution in [0.25, 0.3) is 0 Å². The van der Waals surface area contributed by atoms with E-state index < -0.39 is 28.5 Å². The third-order valence-corrected chi connectivity index (χ3v) is 10.5. The van der Waals surface area contributed by atoms with Crippen LogP contribution in [0.15, 0.2) is 71.6 Å². The van der Waals surface area contributed by atoms with Crippen molar-refractivity contribution in [2.24, 2.45) is 0 Å². The van der Waals surface area contributed by atoms with Crippen molar-refractivity contribution in [3.63, 3.8) is 0 Å². The van der Waals surface area contributed by atoms with Crippen molar-refractivity contribution in [1.82, 2.24) is 10.2 Å². The fourth-order valence-corrected chi connectivity index (χ4v) is 7.29. The standard InChI is InChI=1S/C32H36Cl3N3O4S/c1-3-28(32(40)36-25-8-5-4-6-9-25)37(20-23-14-16-24(33)17-15-23)30(39)21-38(29-11-7-10-27(34)31(29)35)43(41,42)26-18-12-22(2)13-19-26/h7,10-19,25,28H,3-6,8-9,20-21H2,1-2H3,(H,36,40)/t28-/m1/s1. The highest BCUT2D eigenvalue weighted by molar-refractivity contribution is 7.92. The van der Waals surface area contributed by atoms with E-state index in [0.717, 1.165) is 47.5 Å². The Morgan fingerprint density at radius 3 is 2.21 bits per heavy atom. The van der Waals surface area contributed by atoms with Crippen molar-refractivity contribution >= 4 is 62.3 Å². The molecule has 1 atom stereocenters. The topological polar surface area (TPSA) is 86.8 Å². The lowest BCUT2D eigenvalue weighted by atomic mass is 9.95. The summed E-state index contributed by atoms with van der Waals surface area (Å²) in [6, 6.07) is 17.2. The zero-order valence-electron chi connectivity index (χ0n) is 24.2. The van der Waals surface area contributed by atoms with E-state index in [0.29, 0.717) is 11.4 Å². The molecule has 0 spiro atoms. The van der Waals surface area contributed by atoms with Crippen LogP contribution >= 0.6 is 34.8 Å². The van der Waals surface area contributed by atoms with Crippen LogP contribution in [0.2, 0.25) is 15.1 Å². The zero-order valence-corrected chi connectivity index (χ0v) is 27.3. The molecular formula is C32H36Cl3N3O4S. The molecule has 1 fully saturated rings. The van der Waals surface area contributed by atoms with Crippen LogP contribution < -0.4 is 9.62 Å². The molecule has 3 aromatic carbocycles. The number of hydrogen-bond acceptors (Lipinski definition) is 4. The van der Waals surface area contributed by atoms with Gasteiger partial charge in [-0.15, -0.1) is 0 Å². The SMILES string of the molecule is CC[C@H](C(=O)NC1CCCCC1)N(Cc1ccc(Cl)cc1)C(=O)CN(c1cccc(Cl)c1Cl)S(=O)(=O)c1ccc(C)cc1. The lowest BCUT2D eigenvalue weighted by molar-refractivity contribution is -0.140. The largest absolute Gasteiger partial charge is 0.352 e. The molecule has 0 radical (unpaired) electrons. The molecule has 0 bridgehead atoms. The van der Waals surface area contributed by atoms with Gasteiger partial charge in [-0.3, -0.25) is 13.9 Å². The number of nitrogens with one attached hydrogen (secondary N) is 1. The predicted molar refractivity (Wildman–Crippen MR) is 173 cm³/mol. The zero-order chi connectivity index (χ0) is 31.1. The fraction of sp³-hybridized carbons (Fsp3) is 0.375. The van der Waals surface area contributed by atoms with Crippen molar-refractivity contribution in [2.45, 2.75) is 75.9 Å². The van der Waals surface area contributed by atoms with Gasteiger partial charge in [0.1, 0.15) is 12.6 Å². The Morgan fingerprint density at radius 1 is 0.930 bits per heavy atom. The number of carbonyl (C=O) groups excluding carboxylic acids is 2. The Hall–Kier alpha value is -2.78. The number of sulfonamides is 1. The molecule has 4 rings (SSSR count). The van der Waals surface area contributed by atoms with E-state index in [9.17, 15) is 18.0 Å². The third kappa shape index (κ3) is 8.24. The molecule has 230 valence electrons. The number of amides is 2. The van der Waals surface area contributed by atoms with Crippen LogP contribution in [0.3, 0.4) is 0 Å². The second-order valence-electron chi connectivity index (χ2n) is 10.8. The summed E-state index contributed by atoms with van der Waals surface area (Å²) in [6.07, 6.45) is 5.34. The van der Waals surface area contributed by atoms with E-state index in [2.05, 4.69) is 5.32 Å². The number of aryl methyl sites for hydroxylation is 1. The molecule has 7 nitrogen and oxygen atoms in total. The molecule has 3 aromatic rings. The van der Waals surface area contributed by atoms with Gasteiger partial charge in [-0.2, -0.15) is 0 Å². The van der Waals surface area contributed by atoms with E-state index in [4.69, 9.17) is 34.8 Å². The number of carbonyl (C=O) groups is 2. The molecule has 1 aliphatic carbocycles. The number of hydrogen-bond donors (Lipinski definition) is 1. The summed E-state index contributed by atoms with van der Waals surface area (Å²) in [6.45, 7) is 3.16. The molecule has 0 aromatic heterocycles. The molecule has 0 aliphatic heterocycles. The number of anilines is 1. The Balaban J connectivity index is 1.73. The van der Waals surface area contributed by atoms with Gasteiger partial charge in [0, 0.05) is 17.6 Å². The number of halogens is 3. The average molecular weight is 665 g/mol. The van der Waals surface area contributed by atoms with Crippen molar-refractivity contribution < 1.29 is 18.0 Å². The van der Waals surface area contributed by atoms with Crippen LogP contribution in [-0.4, -0.2) is 43.8 Å². The molecule has 11 heteroatoms. The Labute approximate surface area is 269 Å². The summed E-state index contributed by atoms with van der Waals surface area (Å²) in [5.41, 5.74) is 1.69. The molecule has 1 N–H and O–H groups in total. The molecule has 43 heavy (non-hydrogen) atoms. The van der Waals surface area contributed by atoms with Crippen molar-refractivity contribution in [3.8, 4) is 0 Å². The van der Waals surface area contributed by atoms with Gasteiger partial charge in [0.2, 0.25) is 11.8 Å². The van der Waals surface area contributed by atoms with E-state index >= 15 is 0 Å². The Morgan fingerprint density at radius 2 is 1.58 bits per heavy atom. The predicted octanol–water partition coefficient (Wildman–Crippen LogP) is 7.41. The number of nitrogens with zero attached hydrogens (tertiary/aromatic N) is 2. The van der Waals surface area contributed by atoms with Crippen LogP contribution in [0.5, 0.6) is 0 Å². The first kappa shape index (κ1) is 33.1. The molecule has 0 unspecified atom stereocenters. The summed E-state index contributed by atoms with van der Waals surface area (Å²) in [7, 11) is -4.27. The number of benzene rings is 3. The van der Waals surface area contributed by atoms with Crippen LogP contribution in [0, 0.1) is 6.92 Å². The highest BCUT2D eigenvalue weighted by Crippen LogP contribution is 2.35. The van der Waals surface area contributed by atoms with Crippen molar-refractivity contribution in [3.05, 3.63) is 92.9 Å². The first-order valence-corrected chi connectivity index (χ1v) is 17.0. The Bertz CT molecular complexity index is 1530. The first-order chi connectivity index (χ1) is 20.5. The average Bonchev–Trinajstić information content (AvgIpc) is 2.99. The lowest BCUT2D eigenvalue weighted by Gasteiger charge is -2.34. The highest BCUT2D eigenvalue weighted by atomic mass is 35.5. The monoisotopic (exact) mass is 663 g/mol. The second kappa shape index (κ2) is 14.8. The summed E-state index contributed by atoms with van der Waals surface area (Å²) in [5.74, 6) is -0.822. The smallest absolute Gasteiger partial charge is 0.264 e. The third-order valence-electron chi connectivity index (χ3n) is 7.69. The van der Waals surface area contributed by atoms with Crippen LogP contribution in [0.1, 0.15) is 56.6 Å². The summed E-state index contributed by atoms with van der Waals surface area (Å²) in [4.78, 5) is 29.3. The van der Waals surface area contributed by atoms with E-state index in [1.807, 2.05) is 13.8 Å². The maximum atomic E-state index is 14.3. The van der Waals surface area contributed by atoms with Gasteiger partial charge in [-0.25, -0.2) is 8.42 Å². The second-order valence-corrected chi connectivity index (χ2v) is 13.9. The van der Waals surface area contributed by atoms with E-state index in [1.54, 1.807) is 48.5 Å². The van der Waals surface area contributed by atoms with E-state index in [1.165, 1.54) is 23.1 Å². The van der Waals surface area contributed by atoms with Gasteiger partial charge in [-0.05, 0) is 68.1 Å². The normalized spacial score (nSPS) is 14.6. The van der Waals surface area contributed by atoms with Gasteiger partial charge in [0.15, 0.2) is 0 Å². The van der Waals surface area contributed by atoms with Gasteiger partial charge in [0.05, 0.1) is 20.6 Å². The van der Waals surface area contributed by atoms with Crippen molar-refractivity contribution in [2.75, 3.05) is 10.8 Å². The maximum absolute atomic E-state index is 14.3. The quantitative estimate of drug-likeness (QED) is 0.231. The van der Waals surface area contributed by atoms with Crippen LogP contribution in [-0.2, 0) is 26.2 Å². The minimum Gasteiger partial charge on any atom is -0.352 e. The molecule has 0 saturated heterocycles. The molecule has 2 amide bonds. The van der Waals surface area contributed by atoms with Gasteiger partial charge in [-0.1, -0.05) is 96.9 Å². The number of rotatable bonds is 11. The minimum atomic E-state index is -4.27. The first-order valence-electron chi connectivity index (χ1n) is 14.4. The summed E-state index contributed by atoms with van der Waals surface area (Å²) < 4.78 is 29.1. The lowest BCUT2D eigenvalue weighted by Crippen LogP contribution is -2.54. The van der Waals surface area contributed by atoms with Gasteiger partial charge in [0.25, 0.3) is 10.0 Å². The molecule has 0 heterocycles. The summed E-state index contributed by atoms with van der Waals surface area (Å²) >= 11 is 18.9. The maximum Gasteiger partial charge on any atom is 0.264 e. The minimum absolute atomic E-state index is 0.000937. The van der Waals surface area contributed by atoms with Gasteiger partial charge >= 0.3 is 0 Å². The van der Waals surface area contributed by atoms with Gasteiger partial charge < -0.3 is 10.2 Å². The summed E-state index contributed by atoms with van der Waals surface area (Å²) in [5, 5.41) is 3.82. The van der Waals surface area contributed by atoms with Crippen LogP contribution in [0.4, 0.5) is 5.69 Å².